The second kappa shape index (κ2) is 6.25. The molecule has 0 fully saturated rings. The van der Waals surface area contributed by atoms with E-state index in [0.717, 1.165) is 0 Å². The zero-order chi connectivity index (χ0) is 19.1. The fourth-order valence-corrected chi connectivity index (χ4v) is 2.75. The van der Waals surface area contributed by atoms with Crippen LogP contribution in [0.2, 0.25) is 0 Å². The minimum absolute atomic E-state index is 0.00987. The molecule has 0 saturated heterocycles. The number of nitrogens with two attached hydrogens (primary N) is 1. The number of guanidine groups is 1. The monoisotopic (exact) mass is 359 g/mol. The van der Waals surface area contributed by atoms with Crippen molar-refractivity contribution in [1.82, 2.24) is 10.1 Å². The van der Waals surface area contributed by atoms with Crippen LogP contribution in [0.15, 0.2) is 33.8 Å². The molecule has 3 rings (SSSR count). The number of aromatic nitrogens is 1. The Morgan fingerprint density at radius 1 is 1.42 bits per heavy atom. The molecule has 0 saturated carbocycles. The Morgan fingerprint density at radius 3 is 2.77 bits per heavy atom. The standard InChI is InChI=1S/C17H18FN5O3/c1-9-6-13(22-26-9)15(25)20-10-4-5-12(18)11(7-10)17(2)8-14(24)23(3)16(19)21-17/h4-7H,8H2,1-3H3,(H2,19,21)(H,20,25). The molecular formula is C17H18FN5O3. The molecule has 1 unspecified atom stereocenters. The first kappa shape index (κ1) is 17.6. The van der Waals surface area contributed by atoms with Crippen LogP contribution in [-0.4, -0.2) is 34.9 Å². The number of benzene rings is 1. The van der Waals surface area contributed by atoms with E-state index in [1.165, 1.54) is 36.2 Å². The summed E-state index contributed by atoms with van der Waals surface area (Å²) in [5.41, 5.74) is 5.22. The number of hydrogen-bond donors (Lipinski definition) is 2. The molecule has 0 spiro atoms. The van der Waals surface area contributed by atoms with Gasteiger partial charge in [-0.1, -0.05) is 5.16 Å². The predicted octanol–water partition coefficient (Wildman–Crippen LogP) is 1.77. The average Bonchev–Trinajstić information content (AvgIpc) is 3.01. The summed E-state index contributed by atoms with van der Waals surface area (Å²) in [5.74, 6) is -0.802. The molecule has 0 bridgehead atoms. The van der Waals surface area contributed by atoms with Crippen LogP contribution < -0.4 is 11.1 Å². The van der Waals surface area contributed by atoms with Gasteiger partial charge in [-0.2, -0.15) is 0 Å². The smallest absolute Gasteiger partial charge is 0.277 e. The number of nitrogens with one attached hydrogen (secondary N) is 1. The van der Waals surface area contributed by atoms with E-state index in [0.29, 0.717) is 11.4 Å². The Hall–Kier alpha value is -3.23. The minimum Gasteiger partial charge on any atom is -0.369 e. The summed E-state index contributed by atoms with van der Waals surface area (Å²) in [6.07, 6.45) is -0.0407. The maximum absolute atomic E-state index is 14.4. The van der Waals surface area contributed by atoms with Crippen molar-refractivity contribution >= 4 is 23.5 Å². The predicted molar refractivity (Wildman–Crippen MR) is 92.0 cm³/mol. The lowest BCUT2D eigenvalue weighted by Crippen LogP contribution is -2.47. The maximum Gasteiger partial charge on any atom is 0.277 e. The summed E-state index contributed by atoms with van der Waals surface area (Å²) in [7, 11) is 1.51. The summed E-state index contributed by atoms with van der Waals surface area (Å²) >= 11 is 0. The van der Waals surface area contributed by atoms with Crippen LogP contribution in [0.5, 0.6) is 0 Å². The normalized spacial score (nSPS) is 20.1. The van der Waals surface area contributed by atoms with Crippen LogP contribution in [0.3, 0.4) is 0 Å². The first-order valence-corrected chi connectivity index (χ1v) is 7.86. The summed E-state index contributed by atoms with van der Waals surface area (Å²) in [5, 5.41) is 6.26. The van der Waals surface area contributed by atoms with E-state index >= 15 is 0 Å². The number of aryl methyl sites for hydroxylation is 1. The maximum atomic E-state index is 14.4. The molecule has 1 aromatic carbocycles. The van der Waals surface area contributed by atoms with Gasteiger partial charge in [0.25, 0.3) is 5.91 Å². The molecule has 1 atom stereocenters. The first-order chi connectivity index (χ1) is 12.2. The fraction of sp³-hybridized carbons (Fsp3) is 0.294. The highest BCUT2D eigenvalue weighted by molar-refractivity contribution is 6.03. The van der Waals surface area contributed by atoms with E-state index in [1.54, 1.807) is 13.8 Å². The lowest BCUT2D eigenvalue weighted by Gasteiger charge is -2.34. The summed E-state index contributed by atoms with van der Waals surface area (Å²) < 4.78 is 19.3. The van der Waals surface area contributed by atoms with Crippen molar-refractivity contribution in [2.24, 2.45) is 10.7 Å². The molecule has 1 aliphatic rings. The van der Waals surface area contributed by atoms with Crippen molar-refractivity contribution in [3.63, 3.8) is 0 Å². The number of carbonyl (C=O) groups is 2. The van der Waals surface area contributed by atoms with Gasteiger partial charge in [-0.3, -0.25) is 14.5 Å². The van der Waals surface area contributed by atoms with Gasteiger partial charge in [0.2, 0.25) is 5.91 Å². The van der Waals surface area contributed by atoms with Gasteiger partial charge in [-0.05, 0) is 32.0 Å². The molecule has 2 aromatic rings. The van der Waals surface area contributed by atoms with E-state index in [-0.39, 0.29) is 29.5 Å². The molecule has 0 aliphatic carbocycles. The Balaban J connectivity index is 1.93. The number of nitrogens with zero attached hydrogens (tertiary/aromatic N) is 3. The molecule has 0 radical (unpaired) electrons. The van der Waals surface area contributed by atoms with Crippen molar-refractivity contribution in [2.45, 2.75) is 25.8 Å². The molecule has 26 heavy (non-hydrogen) atoms. The van der Waals surface area contributed by atoms with Crippen LogP contribution in [-0.2, 0) is 10.3 Å². The highest BCUT2D eigenvalue weighted by atomic mass is 19.1. The highest BCUT2D eigenvalue weighted by Crippen LogP contribution is 2.35. The second-order valence-corrected chi connectivity index (χ2v) is 6.34. The van der Waals surface area contributed by atoms with Crippen molar-refractivity contribution < 1.29 is 18.5 Å². The van der Waals surface area contributed by atoms with Crippen molar-refractivity contribution in [1.29, 1.82) is 0 Å². The quantitative estimate of drug-likeness (QED) is 0.867. The lowest BCUT2D eigenvalue weighted by atomic mass is 9.87. The molecular weight excluding hydrogens is 341 g/mol. The Kier molecular flexibility index (Phi) is 4.23. The molecule has 136 valence electrons. The van der Waals surface area contributed by atoms with Crippen LogP contribution in [0.4, 0.5) is 10.1 Å². The molecule has 2 amide bonds. The van der Waals surface area contributed by atoms with Gasteiger partial charge in [0, 0.05) is 24.4 Å². The molecule has 3 N–H and O–H groups in total. The highest BCUT2D eigenvalue weighted by Gasteiger charge is 2.38. The number of rotatable bonds is 3. The number of carbonyl (C=O) groups excluding carboxylic acids is 2. The van der Waals surface area contributed by atoms with Crippen LogP contribution in [0.1, 0.15) is 35.2 Å². The third-order valence-corrected chi connectivity index (χ3v) is 4.24. The number of halogens is 1. The Labute approximate surface area is 148 Å². The molecule has 2 heterocycles. The number of hydrogen-bond acceptors (Lipinski definition) is 6. The van der Waals surface area contributed by atoms with E-state index in [4.69, 9.17) is 10.3 Å². The van der Waals surface area contributed by atoms with Gasteiger partial charge in [-0.25, -0.2) is 9.38 Å². The van der Waals surface area contributed by atoms with Crippen molar-refractivity contribution in [2.75, 3.05) is 12.4 Å². The van der Waals surface area contributed by atoms with Crippen molar-refractivity contribution in [3.8, 4) is 0 Å². The largest absolute Gasteiger partial charge is 0.369 e. The van der Waals surface area contributed by atoms with Crippen LogP contribution >= 0.6 is 0 Å². The van der Waals surface area contributed by atoms with Gasteiger partial charge in [-0.15, -0.1) is 0 Å². The summed E-state index contributed by atoms with van der Waals surface area (Å²) in [4.78, 5) is 29.8. The van der Waals surface area contributed by atoms with E-state index in [2.05, 4.69) is 15.5 Å². The summed E-state index contributed by atoms with van der Waals surface area (Å²) in [6.45, 7) is 3.29. The van der Waals surface area contributed by atoms with Crippen LogP contribution in [0, 0.1) is 12.7 Å². The van der Waals surface area contributed by atoms with Gasteiger partial charge < -0.3 is 15.6 Å². The molecule has 1 aliphatic heterocycles. The first-order valence-electron chi connectivity index (χ1n) is 7.86. The SMILES string of the molecule is Cc1cc(C(=O)Nc2ccc(F)c(C3(C)CC(=O)N(C)C(N)=N3)c2)no1. The Morgan fingerprint density at radius 2 is 2.15 bits per heavy atom. The van der Waals surface area contributed by atoms with E-state index in [9.17, 15) is 14.0 Å². The fourth-order valence-electron chi connectivity index (χ4n) is 2.75. The average molecular weight is 359 g/mol. The number of amides is 2. The number of aliphatic imine (C=N–C) groups is 1. The zero-order valence-electron chi connectivity index (χ0n) is 14.5. The number of anilines is 1. The van der Waals surface area contributed by atoms with E-state index < -0.39 is 17.3 Å². The second-order valence-electron chi connectivity index (χ2n) is 6.34. The lowest BCUT2D eigenvalue weighted by molar-refractivity contribution is -0.128. The van der Waals surface area contributed by atoms with Crippen LogP contribution in [0.25, 0.3) is 0 Å². The van der Waals surface area contributed by atoms with Gasteiger partial charge in [0.05, 0.1) is 12.0 Å². The Bertz CT molecular complexity index is 923. The third-order valence-electron chi connectivity index (χ3n) is 4.24. The minimum atomic E-state index is -1.16. The third kappa shape index (κ3) is 3.15. The molecule has 1 aromatic heterocycles. The van der Waals surface area contributed by atoms with E-state index in [1.807, 2.05) is 0 Å². The van der Waals surface area contributed by atoms with Gasteiger partial charge in [0.15, 0.2) is 11.7 Å². The zero-order valence-corrected chi connectivity index (χ0v) is 14.5. The molecule has 9 heteroatoms. The summed E-state index contributed by atoms with van der Waals surface area (Å²) in [6, 6.07) is 5.55. The topological polar surface area (TPSA) is 114 Å². The molecule has 8 nitrogen and oxygen atoms in total. The van der Waals surface area contributed by atoms with Crippen molar-refractivity contribution in [3.05, 3.63) is 47.1 Å². The van der Waals surface area contributed by atoms with Gasteiger partial charge >= 0.3 is 0 Å². The van der Waals surface area contributed by atoms with Gasteiger partial charge in [0.1, 0.15) is 11.6 Å².